The monoisotopic (exact) mass is 374 g/mol. The van der Waals surface area contributed by atoms with Crippen molar-refractivity contribution in [3.63, 3.8) is 0 Å². The number of aryl methyl sites for hydroxylation is 1. The number of hydrogen-bond acceptors (Lipinski definition) is 6. The molecule has 2 aromatic carbocycles. The molecule has 0 amide bonds. The third-order valence-corrected chi connectivity index (χ3v) is 4.71. The van der Waals surface area contributed by atoms with Crippen molar-refractivity contribution in [2.45, 2.75) is 18.2 Å². The minimum atomic E-state index is -4.28. The Hall–Kier alpha value is -3.11. The number of nitrogens with zero attached hydrogens (tertiary/aromatic N) is 4. The normalized spacial score (nSPS) is 11.5. The molecular weight excluding hydrogens is 360 g/mol. The number of rotatable bonds is 5. The summed E-state index contributed by atoms with van der Waals surface area (Å²) < 4.78 is 33.2. The summed E-state index contributed by atoms with van der Waals surface area (Å²) in [6, 6.07) is 10.2. The predicted molar refractivity (Wildman–Crippen MR) is 91.8 cm³/mol. The van der Waals surface area contributed by atoms with Crippen molar-refractivity contribution in [3.8, 4) is 5.69 Å². The zero-order valence-corrected chi connectivity index (χ0v) is 14.4. The van der Waals surface area contributed by atoms with Crippen molar-refractivity contribution in [2.75, 3.05) is 0 Å². The third kappa shape index (κ3) is 3.76. The molecule has 3 aromatic rings. The molecule has 0 radical (unpaired) electrons. The first-order valence-electron chi connectivity index (χ1n) is 7.47. The molecule has 0 unspecified atom stereocenters. The van der Waals surface area contributed by atoms with Gasteiger partial charge in [-0.3, -0.25) is 14.7 Å². The third-order valence-electron chi connectivity index (χ3n) is 3.86. The first-order chi connectivity index (χ1) is 12.2. The summed E-state index contributed by atoms with van der Waals surface area (Å²) in [5.41, 5.74) is 2.71. The molecule has 26 heavy (non-hydrogen) atoms. The highest BCUT2D eigenvalue weighted by Gasteiger charge is 2.13. The van der Waals surface area contributed by atoms with Gasteiger partial charge in [-0.1, -0.05) is 11.3 Å². The van der Waals surface area contributed by atoms with Gasteiger partial charge >= 0.3 is 0 Å². The maximum absolute atomic E-state index is 11.3. The van der Waals surface area contributed by atoms with Crippen LogP contribution in [-0.4, -0.2) is 32.9 Å². The molecule has 9 nitrogen and oxygen atoms in total. The fourth-order valence-electron chi connectivity index (χ4n) is 2.43. The maximum atomic E-state index is 11.3. The lowest BCUT2D eigenvalue weighted by Crippen LogP contribution is -2.01. The second-order valence-electron chi connectivity index (χ2n) is 5.67. The Morgan fingerprint density at radius 2 is 1.88 bits per heavy atom. The molecule has 0 spiro atoms. The van der Waals surface area contributed by atoms with Gasteiger partial charge in [0.2, 0.25) is 0 Å². The van der Waals surface area contributed by atoms with E-state index in [9.17, 15) is 23.1 Å². The molecule has 10 heteroatoms. The number of non-ortho nitro benzene ring substituents is 1. The summed E-state index contributed by atoms with van der Waals surface area (Å²) >= 11 is 0. The van der Waals surface area contributed by atoms with E-state index in [0.29, 0.717) is 23.4 Å². The molecule has 0 saturated heterocycles. The molecule has 0 saturated carbocycles. The van der Waals surface area contributed by atoms with Gasteiger partial charge in [0.1, 0.15) is 0 Å². The first kappa shape index (κ1) is 17.7. The van der Waals surface area contributed by atoms with Crippen LogP contribution in [0.2, 0.25) is 0 Å². The van der Waals surface area contributed by atoms with E-state index in [1.807, 2.05) is 6.92 Å². The van der Waals surface area contributed by atoms with Crippen LogP contribution < -0.4 is 0 Å². The fraction of sp³-hybridized carbons (Fsp3) is 0.125. The standard InChI is InChI=1S/C16H14N4O5S/c1-11-2-7-16(26(23,24)25)9-12(11)8-13-10-19(18-17-13)14-3-5-15(6-4-14)20(21)22/h2-7,9-10H,8H2,1H3,(H,23,24,25). The maximum Gasteiger partial charge on any atom is 0.294 e. The number of hydrogen-bond donors (Lipinski definition) is 1. The molecule has 0 aliphatic rings. The Kier molecular flexibility index (Phi) is 4.53. The first-order valence-corrected chi connectivity index (χ1v) is 8.91. The van der Waals surface area contributed by atoms with Crippen molar-refractivity contribution in [3.05, 3.63) is 75.6 Å². The van der Waals surface area contributed by atoms with Crippen molar-refractivity contribution in [2.24, 2.45) is 0 Å². The van der Waals surface area contributed by atoms with Gasteiger partial charge in [0.25, 0.3) is 15.8 Å². The second kappa shape index (κ2) is 6.65. The minimum absolute atomic E-state index is 0.0215. The van der Waals surface area contributed by atoms with E-state index >= 15 is 0 Å². The van der Waals surface area contributed by atoms with Crippen LogP contribution in [0.3, 0.4) is 0 Å². The number of nitro groups is 1. The van der Waals surface area contributed by atoms with E-state index in [4.69, 9.17) is 0 Å². The van der Waals surface area contributed by atoms with Crippen molar-refractivity contribution in [1.82, 2.24) is 15.0 Å². The van der Waals surface area contributed by atoms with Crippen LogP contribution in [0.5, 0.6) is 0 Å². The van der Waals surface area contributed by atoms with Crippen LogP contribution in [0, 0.1) is 17.0 Å². The van der Waals surface area contributed by atoms with Gasteiger partial charge in [-0.25, -0.2) is 4.68 Å². The van der Waals surface area contributed by atoms with Gasteiger partial charge in [-0.15, -0.1) is 5.10 Å². The molecule has 0 bridgehead atoms. The van der Waals surface area contributed by atoms with E-state index in [1.54, 1.807) is 24.4 Å². The molecule has 134 valence electrons. The van der Waals surface area contributed by atoms with Crippen molar-refractivity contribution >= 4 is 15.8 Å². The van der Waals surface area contributed by atoms with Crippen LogP contribution in [0.4, 0.5) is 5.69 Å². The topological polar surface area (TPSA) is 128 Å². The molecular formula is C16H14N4O5S. The van der Waals surface area contributed by atoms with Gasteiger partial charge in [0.05, 0.1) is 27.4 Å². The van der Waals surface area contributed by atoms with Gasteiger partial charge in [-0.05, 0) is 42.3 Å². The Morgan fingerprint density at radius 3 is 2.50 bits per heavy atom. The lowest BCUT2D eigenvalue weighted by molar-refractivity contribution is -0.384. The highest BCUT2D eigenvalue weighted by atomic mass is 32.2. The fourth-order valence-corrected chi connectivity index (χ4v) is 2.96. The molecule has 1 heterocycles. The average molecular weight is 374 g/mol. The van der Waals surface area contributed by atoms with Crippen LogP contribution in [-0.2, 0) is 16.5 Å². The molecule has 3 rings (SSSR count). The smallest absolute Gasteiger partial charge is 0.282 e. The zero-order valence-electron chi connectivity index (χ0n) is 13.6. The molecule has 1 N–H and O–H groups in total. The van der Waals surface area contributed by atoms with E-state index in [1.165, 1.54) is 28.9 Å². The Bertz CT molecular complexity index is 1070. The summed E-state index contributed by atoms with van der Waals surface area (Å²) in [5.74, 6) is 0. The van der Waals surface area contributed by atoms with Gasteiger partial charge < -0.3 is 0 Å². The van der Waals surface area contributed by atoms with Gasteiger partial charge in [-0.2, -0.15) is 8.42 Å². The van der Waals surface area contributed by atoms with E-state index in [-0.39, 0.29) is 10.6 Å². The molecule has 1 aromatic heterocycles. The Morgan fingerprint density at radius 1 is 1.19 bits per heavy atom. The highest BCUT2D eigenvalue weighted by molar-refractivity contribution is 7.85. The minimum Gasteiger partial charge on any atom is -0.282 e. The molecule has 0 atom stereocenters. The lowest BCUT2D eigenvalue weighted by Gasteiger charge is -2.05. The quantitative estimate of drug-likeness (QED) is 0.412. The highest BCUT2D eigenvalue weighted by Crippen LogP contribution is 2.19. The number of aromatic nitrogens is 3. The van der Waals surface area contributed by atoms with Crippen molar-refractivity contribution < 1.29 is 17.9 Å². The number of benzene rings is 2. The van der Waals surface area contributed by atoms with Gasteiger partial charge in [0, 0.05) is 18.6 Å². The molecule has 0 aliphatic heterocycles. The summed E-state index contributed by atoms with van der Waals surface area (Å²) in [6.07, 6.45) is 1.98. The average Bonchev–Trinajstić information content (AvgIpc) is 3.04. The van der Waals surface area contributed by atoms with Crippen LogP contribution in [0.15, 0.2) is 53.6 Å². The van der Waals surface area contributed by atoms with Crippen LogP contribution in [0.1, 0.15) is 16.8 Å². The van der Waals surface area contributed by atoms with Gasteiger partial charge in [0.15, 0.2) is 0 Å². The van der Waals surface area contributed by atoms with Crippen LogP contribution in [0.25, 0.3) is 5.69 Å². The largest absolute Gasteiger partial charge is 0.294 e. The van der Waals surface area contributed by atoms with E-state index in [0.717, 1.165) is 5.56 Å². The van der Waals surface area contributed by atoms with E-state index < -0.39 is 15.0 Å². The summed E-state index contributed by atoms with van der Waals surface area (Å²) in [4.78, 5) is 10.0. The summed E-state index contributed by atoms with van der Waals surface area (Å²) in [5, 5.41) is 18.7. The summed E-state index contributed by atoms with van der Waals surface area (Å²) in [6.45, 7) is 1.82. The lowest BCUT2D eigenvalue weighted by atomic mass is 10.0. The SMILES string of the molecule is Cc1ccc(S(=O)(=O)O)cc1Cc1cn(-c2ccc([N+](=O)[O-])cc2)nn1. The van der Waals surface area contributed by atoms with Crippen molar-refractivity contribution in [1.29, 1.82) is 0 Å². The zero-order chi connectivity index (χ0) is 18.9. The number of nitro benzene ring substituents is 1. The predicted octanol–water partition coefficient (Wildman–Crippen LogP) is 2.32. The van der Waals surface area contributed by atoms with Crippen LogP contribution >= 0.6 is 0 Å². The van der Waals surface area contributed by atoms with E-state index in [2.05, 4.69) is 10.3 Å². The molecule has 0 fully saturated rings. The summed E-state index contributed by atoms with van der Waals surface area (Å²) in [7, 11) is -4.28. The molecule has 0 aliphatic carbocycles. The Labute approximate surface area is 148 Å². The second-order valence-corrected chi connectivity index (χ2v) is 7.09. The Balaban J connectivity index is 1.86.